The number of nitrogens with zero attached hydrogens (tertiary/aromatic N) is 12. The number of carbonyl (C=O) groups is 4. The zero-order valence-electron chi connectivity index (χ0n) is 47.5. The van der Waals surface area contributed by atoms with E-state index in [1.54, 1.807) is 31.7 Å². The number of unbranched alkanes of at least 4 members (excludes halogenated alkanes) is 2. The SMILES string of the molecule is CC1(C)C(=CC=CC=CC=CC2=[N+](CCCCS(=O)(=O)O)c3ccc(C(=O)N4CCN(C(=O)Cn5ccnc5[N+](=O)[O-])CC4)cc3C2(C)C)N(CCCCS(=O)(=O)[O-])c2ccc(C(=O)N3CCN(C(=O)Cn4ccnc4[N+](=O)[O-])CC3)cc21.[Na+]. The fourth-order valence-electron chi connectivity index (χ4n) is 11.1. The summed E-state index contributed by atoms with van der Waals surface area (Å²) in [7, 11) is -8.60. The number of imidazole rings is 2. The van der Waals surface area contributed by atoms with Crippen LogP contribution in [0.5, 0.6) is 0 Å². The van der Waals surface area contributed by atoms with Crippen LogP contribution < -0.4 is 34.5 Å². The first kappa shape index (κ1) is 64.4. The van der Waals surface area contributed by atoms with E-state index in [1.807, 2.05) is 94.5 Å². The van der Waals surface area contributed by atoms with Crippen LogP contribution in [0, 0.1) is 20.2 Å². The van der Waals surface area contributed by atoms with Crippen molar-refractivity contribution >= 4 is 72.8 Å². The van der Waals surface area contributed by atoms with Gasteiger partial charge in [-0.2, -0.15) is 13.0 Å². The van der Waals surface area contributed by atoms with Gasteiger partial charge in [-0.05, 0) is 84.9 Å². The predicted molar refractivity (Wildman–Crippen MR) is 304 cm³/mol. The molecule has 2 saturated heterocycles. The third-order valence-corrected chi connectivity index (χ3v) is 17.0. The maximum absolute atomic E-state index is 14.0. The standard InChI is InChI=1S/C55H66N12O14S2.Na/c1-54(2)42-36-40(50(70)60-30-26-58(27-31-60)48(68)38-62-24-20-56-52(62)66(72)73)16-18-44(42)64(22-10-12-34-82(76,77)78)46(54)14-8-6-5-7-9-15-47-55(3,4)43-37-41(17-19-45(43)65(47)23-11-13-35-83(79,80)81)51(71)61-32-28-59(29-33-61)49(69)39-63-25-21-57-53(63)67(74)75;/h5-9,14-21,24-25,36-37H,10-13,22-23,26-35,38-39H2,1-4H3,(H-,76,77,78,79,80,81);/q;+1. The number of piperazine rings is 2. The van der Waals surface area contributed by atoms with Crippen LogP contribution in [-0.4, -0.2) is 185 Å². The number of hydrogen-bond donors (Lipinski definition) is 1. The number of anilines is 1. The van der Waals surface area contributed by atoms with Gasteiger partial charge in [0.15, 0.2) is 18.8 Å². The second-order valence-corrected chi connectivity index (χ2v) is 24.7. The first-order valence-electron chi connectivity index (χ1n) is 27.0. The first-order valence-corrected chi connectivity index (χ1v) is 30.2. The number of allylic oxidation sites excluding steroid dienone is 8. The summed E-state index contributed by atoms with van der Waals surface area (Å²) < 4.78 is 71.5. The van der Waals surface area contributed by atoms with E-state index in [9.17, 15) is 65.3 Å². The smallest absolute Gasteiger partial charge is 0.748 e. The molecule has 442 valence electrons. The predicted octanol–water partition coefficient (Wildman–Crippen LogP) is 1.59. The summed E-state index contributed by atoms with van der Waals surface area (Å²) in [6.45, 7) is 10.4. The molecule has 4 aliphatic rings. The van der Waals surface area contributed by atoms with Crippen molar-refractivity contribution in [1.82, 2.24) is 38.7 Å². The summed E-state index contributed by atoms with van der Waals surface area (Å²) in [4.78, 5) is 91.4. The first-order chi connectivity index (χ1) is 39.2. The Morgan fingerprint density at radius 1 is 0.655 bits per heavy atom. The molecule has 84 heavy (non-hydrogen) atoms. The second-order valence-electron chi connectivity index (χ2n) is 21.6. The van der Waals surface area contributed by atoms with Crippen LogP contribution in [0.1, 0.15) is 85.2 Å². The van der Waals surface area contributed by atoms with Crippen LogP contribution in [0.25, 0.3) is 0 Å². The van der Waals surface area contributed by atoms with E-state index in [1.165, 1.54) is 33.9 Å². The van der Waals surface area contributed by atoms with Crippen molar-refractivity contribution in [3.63, 3.8) is 0 Å². The molecule has 0 unspecified atom stereocenters. The molecule has 6 heterocycles. The molecular weight excluding hydrogens is 1140 g/mol. The number of benzene rings is 2. The van der Waals surface area contributed by atoms with Gasteiger partial charge in [0.25, 0.3) is 33.7 Å². The minimum Gasteiger partial charge on any atom is -0.748 e. The van der Waals surface area contributed by atoms with Crippen LogP contribution in [-0.2, 0) is 53.7 Å². The Bertz CT molecular complexity index is 3590. The van der Waals surface area contributed by atoms with Crippen LogP contribution in [0.4, 0.5) is 23.3 Å². The fourth-order valence-corrected chi connectivity index (χ4v) is 12.2. The Kier molecular flexibility index (Phi) is 20.5. The van der Waals surface area contributed by atoms with Gasteiger partial charge in [-0.15, -0.1) is 0 Å². The summed E-state index contributed by atoms with van der Waals surface area (Å²) in [6.07, 6.45) is 19.6. The van der Waals surface area contributed by atoms with E-state index in [0.29, 0.717) is 37.1 Å². The number of amides is 4. The van der Waals surface area contributed by atoms with Gasteiger partial charge in [0, 0.05) is 117 Å². The molecule has 26 nitrogen and oxygen atoms in total. The maximum atomic E-state index is 14.0. The van der Waals surface area contributed by atoms with Crippen LogP contribution in [0.3, 0.4) is 0 Å². The van der Waals surface area contributed by atoms with Gasteiger partial charge in [0.1, 0.15) is 31.3 Å². The molecule has 2 aromatic carbocycles. The number of carbonyl (C=O) groups excluding carboxylic acids is 4. The second kappa shape index (κ2) is 26.8. The molecule has 2 aromatic heterocycles. The number of hydrogen-bond acceptors (Lipinski definition) is 16. The van der Waals surface area contributed by atoms with Crippen molar-refractivity contribution in [3.05, 3.63) is 152 Å². The van der Waals surface area contributed by atoms with Crippen molar-refractivity contribution in [2.75, 3.05) is 81.9 Å². The Labute approximate surface area is 508 Å². The molecule has 29 heteroatoms. The van der Waals surface area contributed by atoms with Crippen molar-refractivity contribution in [2.24, 2.45) is 0 Å². The number of fused-ring (bicyclic) bond motifs is 2. The molecule has 0 saturated carbocycles. The minimum atomic E-state index is -4.42. The average molecular weight is 1210 g/mol. The maximum Gasteiger partial charge on any atom is 1.00 e. The Morgan fingerprint density at radius 3 is 1.67 bits per heavy atom. The minimum absolute atomic E-state index is 0. The van der Waals surface area contributed by atoms with Crippen molar-refractivity contribution in [1.29, 1.82) is 0 Å². The van der Waals surface area contributed by atoms with Gasteiger partial charge in [0.2, 0.25) is 5.69 Å². The third-order valence-electron chi connectivity index (χ3n) is 15.5. The van der Waals surface area contributed by atoms with Crippen LogP contribution in [0.2, 0.25) is 0 Å². The molecule has 2 fully saturated rings. The number of aromatic nitrogens is 4. The van der Waals surface area contributed by atoms with Crippen molar-refractivity contribution < 1.29 is 89.1 Å². The monoisotopic (exact) mass is 1210 g/mol. The average Bonchev–Trinajstić information content (AvgIpc) is 2.13. The van der Waals surface area contributed by atoms with Gasteiger partial charge in [-0.3, -0.25) is 23.7 Å². The number of rotatable bonds is 22. The van der Waals surface area contributed by atoms with Crippen molar-refractivity contribution in [3.8, 4) is 0 Å². The summed E-state index contributed by atoms with van der Waals surface area (Å²) in [5.74, 6) is -2.89. The van der Waals surface area contributed by atoms with Gasteiger partial charge < -0.3 is 49.3 Å². The van der Waals surface area contributed by atoms with Crippen molar-refractivity contribution in [2.45, 2.75) is 77.3 Å². The Morgan fingerprint density at radius 2 is 1.14 bits per heavy atom. The van der Waals surface area contributed by atoms with E-state index in [0.717, 1.165) is 33.9 Å². The van der Waals surface area contributed by atoms with E-state index in [2.05, 4.69) is 19.4 Å². The molecular formula is C55H66N12NaO14S2+. The normalized spacial score (nSPS) is 17.4. The molecule has 4 aliphatic heterocycles. The van der Waals surface area contributed by atoms with E-state index < -0.39 is 64.3 Å². The quantitative estimate of drug-likeness (QED) is 0.0222. The van der Waals surface area contributed by atoms with Crippen LogP contribution >= 0.6 is 0 Å². The molecule has 8 rings (SSSR count). The summed E-state index contributed by atoms with van der Waals surface area (Å²) in [6, 6.07) is 10.9. The molecule has 0 spiro atoms. The molecule has 0 bridgehead atoms. The van der Waals surface area contributed by atoms with E-state index in [4.69, 9.17) is 0 Å². The molecule has 1 N–H and O–H groups in total. The topological polar surface area (TPSA) is 321 Å². The molecule has 0 radical (unpaired) electrons. The van der Waals surface area contributed by atoms with E-state index in [-0.39, 0.29) is 131 Å². The summed E-state index contributed by atoms with van der Waals surface area (Å²) in [5.41, 5.74) is 4.72. The van der Waals surface area contributed by atoms with Gasteiger partial charge in [-0.25, -0.2) is 17.6 Å². The van der Waals surface area contributed by atoms with Gasteiger partial charge in [0.05, 0.1) is 21.3 Å². The van der Waals surface area contributed by atoms with Crippen LogP contribution in [0.15, 0.2) is 109 Å². The third kappa shape index (κ3) is 15.0. The van der Waals surface area contributed by atoms with E-state index >= 15 is 0 Å². The zero-order chi connectivity index (χ0) is 60.0. The fraction of sp³-hybridized carbons (Fsp3) is 0.436. The molecule has 0 atom stereocenters. The Hall–Kier alpha value is -7.21. The Balaban J connectivity index is 0.0000101. The van der Waals surface area contributed by atoms with Gasteiger partial charge >= 0.3 is 41.5 Å². The summed E-state index contributed by atoms with van der Waals surface area (Å²) >= 11 is 0. The molecule has 0 aliphatic carbocycles. The molecule has 4 aromatic rings. The largest absolute Gasteiger partial charge is 1.00 e. The molecule has 4 amide bonds. The zero-order valence-corrected chi connectivity index (χ0v) is 51.1. The summed E-state index contributed by atoms with van der Waals surface area (Å²) in [5, 5.41) is 22.6. The number of nitro groups is 2. The van der Waals surface area contributed by atoms with Gasteiger partial charge in [-0.1, -0.05) is 54.2 Å².